The van der Waals surface area contributed by atoms with Gasteiger partial charge in [0.15, 0.2) is 9.84 Å². The molecule has 1 aromatic carbocycles. The number of ether oxygens (including phenoxy) is 1. The van der Waals surface area contributed by atoms with Crippen LogP contribution in [0.15, 0.2) is 35.9 Å². The van der Waals surface area contributed by atoms with Crippen LogP contribution < -0.4 is 4.74 Å². The summed E-state index contributed by atoms with van der Waals surface area (Å²) in [6.07, 6.45) is 5.38. The second-order valence-electron chi connectivity index (χ2n) is 5.91. The molecule has 2 unspecified atom stereocenters. The Morgan fingerprint density at radius 1 is 1.27 bits per heavy atom. The van der Waals surface area contributed by atoms with Gasteiger partial charge in [-0.25, -0.2) is 8.42 Å². The second kappa shape index (κ2) is 5.99. The van der Waals surface area contributed by atoms with Crippen molar-refractivity contribution in [1.82, 2.24) is 0 Å². The average Bonchev–Trinajstić information content (AvgIpc) is 2.39. The van der Waals surface area contributed by atoms with Gasteiger partial charge in [-0.15, -0.1) is 0 Å². The number of hydrogen-bond acceptors (Lipinski definition) is 3. The van der Waals surface area contributed by atoms with Crippen LogP contribution in [0.25, 0.3) is 0 Å². The third kappa shape index (κ3) is 3.16. The van der Waals surface area contributed by atoms with E-state index in [1.165, 1.54) is 6.07 Å². The Morgan fingerprint density at radius 2 is 2.09 bits per heavy atom. The molecule has 0 radical (unpaired) electrons. The van der Waals surface area contributed by atoms with Crippen LogP contribution in [-0.4, -0.2) is 25.5 Å². The molecule has 22 heavy (non-hydrogen) atoms. The molecule has 1 fully saturated rings. The van der Waals surface area contributed by atoms with Gasteiger partial charge in [-0.05, 0) is 43.4 Å². The highest BCUT2D eigenvalue weighted by Gasteiger charge is 2.40. The summed E-state index contributed by atoms with van der Waals surface area (Å²) in [5.41, 5.74) is 1.94. The van der Waals surface area contributed by atoms with E-state index < -0.39 is 16.4 Å². The van der Waals surface area contributed by atoms with E-state index in [0.717, 1.165) is 24.0 Å². The van der Waals surface area contributed by atoms with Crippen LogP contribution in [0.5, 0.6) is 5.75 Å². The Kier molecular flexibility index (Phi) is 4.21. The van der Waals surface area contributed by atoms with Crippen molar-refractivity contribution in [3.8, 4) is 5.75 Å². The van der Waals surface area contributed by atoms with Crippen molar-refractivity contribution in [3.05, 3.63) is 41.5 Å². The van der Waals surface area contributed by atoms with E-state index in [9.17, 15) is 17.2 Å². The van der Waals surface area contributed by atoms with Crippen LogP contribution >= 0.6 is 0 Å². The fraction of sp³-hybridized carbons (Fsp3) is 0.500. The maximum Gasteiger partial charge on any atom is 0.387 e. The lowest BCUT2D eigenvalue weighted by Crippen LogP contribution is -2.39. The fourth-order valence-corrected chi connectivity index (χ4v) is 5.68. The molecule has 2 aliphatic heterocycles. The molecule has 0 amide bonds. The summed E-state index contributed by atoms with van der Waals surface area (Å²) >= 11 is 0. The van der Waals surface area contributed by atoms with Gasteiger partial charge in [-0.2, -0.15) is 8.78 Å². The zero-order valence-corrected chi connectivity index (χ0v) is 12.9. The Labute approximate surface area is 128 Å². The number of halogens is 2. The molecule has 3 nitrogen and oxygen atoms in total. The van der Waals surface area contributed by atoms with Gasteiger partial charge in [0.05, 0.1) is 10.5 Å². The number of benzene rings is 1. The molecule has 0 saturated carbocycles. The van der Waals surface area contributed by atoms with Gasteiger partial charge in [0.25, 0.3) is 0 Å². The highest BCUT2D eigenvalue weighted by molar-refractivity contribution is 7.92. The minimum atomic E-state index is -3.02. The monoisotopic (exact) mass is 328 g/mol. The van der Waals surface area contributed by atoms with Gasteiger partial charge < -0.3 is 4.74 Å². The van der Waals surface area contributed by atoms with Crippen LogP contribution in [-0.2, 0) is 16.3 Å². The predicted molar refractivity (Wildman–Crippen MR) is 79.8 cm³/mol. The number of hydrogen-bond donors (Lipinski definition) is 0. The molecular weight excluding hydrogens is 310 g/mol. The quantitative estimate of drug-likeness (QED) is 0.795. The van der Waals surface area contributed by atoms with Crippen LogP contribution in [0.4, 0.5) is 8.78 Å². The van der Waals surface area contributed by atoms with Gasteiger partial charge in [-0.3, -0.25) is 0 Å². The Balaban J connectivity index is 1.78. The maximum atomic E-state index is 12.3. The minimum absolute atomic E-state index is 0.136. The maximum absolute atomic E-state index is 12.3. The second-order valence-corrected chi connectivity index (χ2v) is 8.36. The first-order valence-electron chi connectivity index (χ1n) is 7.41. The van der Waals surface area contributed by atoms with Gasteiger partial charge >= 0.3 is 6.61 Å². The first kappa shape index (κ1) is 15.5. The van der Waals surface area contributed by atoms with Crippen molar-refractivity contribution in [2.24, 2.45) is 0 Å². The predicted octanol–water partition coefficient (Wildman–Crippen LogP) is 3.50. The molecule has 0 spiro atoms. The summed E-state index contributed by atoms with van der Waals surface area (Å²) in [5, 5.41) is -0.637. The van der Waals surface area contributed by atoms with E-state index in [2.05, 4.69) is 4.74 Å². The summed E-state index contributed by atoms with van der Waals surface area (Å²) in [5.74, 6) is 0.136. The molecule has 2 aliphatic rings. The van der Waals surface area contributed by atoms with Gasteiger partial charge in [-0.1, -0.05) is 30.2 Å². The van der Waals surface area contributed by atoms with Crippen LogP contribution in [0.3, 0.4) is 0 Å². The van der Waals surface area contributed by atoms with Crippen LogP contribution in [0.2, 0.25) is 0 Å². The smallest absolute Gasteiger partial charge is 0.387 e. The molecule has 0 N–H and O–H groups in total. The first-order valence-corrected chi connectivity index (χ1v) is 9.02. The lowest BCUT2D eigenvalue weighted by atomic mass is 9.94. The Hall–Kier alpha value is -1.43. The first-order chi connectivity index (χ1) is 10.4. The summed E-state index contributed by atoms with van der Waals surface area (Å²) in [4.78, 5) is 0. The number of fused-ring (bicyclic) bond motifs is 2. The number of rotatable bonds is 4. The standard InChI is InChI=1S/C16H18F2O3S/c17-16(18)21-13-4-1-3-11(8-13)7-12-9-14-5-2-6-15(10-12)22(14,19)20/h1,3-4,8-9,14-16H,2,5-7,10H2. The fourth-order valence-electron chi connectivity index (χ4n) is 3.37. The molecule has 120 valence electrons. The number of allylic oxidation sites excluding steroid dienone is 1. The van der Waals surface area contributed by atoms with Crippen molar-refractivity contribution in [1.29, 1.82) is 0 Å². The summed E-state index contributed by atoms with van der Waals surface area (Å²) in [7, 11) is -3.02. The molecule has 6 heteroatoms. The van der Waals surface area contributed by atoms with E-state index in [-0.39, 0.29) is 16.2 Å². The molecule has 0 aromatic heterocycles. The van der Waals surface area contributed by atoms with Crippen molar-refractivity contribution in [2.75, 3.05) is 0 Å². The van der Waals surface area contributed by atoms with Gasteiger partial charge in [0.1, 0.15) is 5.75 Å². The third-order valence-corrected chi connectivity index (χ3v) is 6.91. The topological polar surface area (TPSA) is 43.4 Å². The molecular formula is C16H18F2O3S. The van der Waals surface area contributed by atoms with E-state index >= 15 is 0 Å². The molecule has 1 aromatic rings. The molecule has 0 aliphatic carbocycles. The van der Waals surface area contributed by atoms with E-state index in [0.29, 0.717) is 19.3 Å². The van der Waals surface area contributed by atoms with Crippen molar-refractivity contribution >= 4 is 9.84 Å². The molecule has 2 heterocycles. The van der Waals surface area contributed by atoms with Crippen LogP contribution in [0, 0.1) is 0 Å². The van der Waals surface area contributed by atoms with E-state index in [4.69, 9.17) is 0 Å². The van der Waals surface area contributed by atoms with E-state index in [1.807, 2.05) is 12.1 Å². The zero-order chi connectivity index (χ0) is 15.7. The van der Waals surface area contributed by atoms with Crippen molar-refractivity contribution in [2.45, 2.75) is 49.2 Å². The largest absolute Gasteiger partial charge is 0.435 e. The highest BCUT2D eigenvalue weighted by atomic mass is 32.2. The molecule has 2 atom stereocenters. The third-order valence-electron chi connectivity index (χ3n) is 4.37. The summed E-state index contributed by atoms with van der Waals surface area (Å²) in [6, 6.07) is 6.60. The minimum Gasteiger partial charge on any atom is -0.435 e. The summed E-state index contributed by atoms with van der Waals surface area (Å²) < 4.78 is 53.3. The zero-order valence-electron chi connectivity index (χ0n) is 12.0. The number of sulfone groups is 1. The average molecular weight is 328 g/mol. The highest BCUT2D eigenvalue weighted by Crippen LogP contribution is 2.36. The van der Waals surface area contributed by atoms with Gasteiger partial charge in [0, 0.05) is 0 Å². The van der Waals surface area contributed by atoms with Gasteiger partial charge in [0.2, 0.25) is 0 Å². The molecule has 1 saturated heterocycles. The molecule has 2 bridgehead atoms. The number of alkyl halides is 2. The molecule has 3 rings (SSSR count). The normalized spacial score (nSPS) is 26.6. The van der Waals surface area contributed by atoms with Crippen LogP contribution in [0.1, 0.15) is 31.2 Å². The van der Waals surface area contributed by atoms with E-state index in [1.54, 1.807) is 12.1 Å². The summed E-state index contributed by atoms with van der Waals surface area (Å²) in [6.45, 7) is -2.84. The lowest BCUT2D eigenvalue weighted by Gasteiger charge is -2.33. The SMILES string of the molecule is O=S1(=O)C2C=C(Cc3cccc(OC(F)F)c3)CC1CCC2. The van der Waals surface area contributed by atoms with Crippen molar-refractivity contribution < 1.29 is 21.9 Å². The Morgan fingerprint density at radius 3 is 2.82 bits per heavy atom. The van der Waals surface area contributed by atoms with Crippen molar-refractivity contribution in [3.63, 3.8) is 0 Å². The lowest BCUT2D eigenvalue weighted by molar-refractivity contribution is -0.0498. The Bertz CT molecular complexity index is 682.